The molecule has 0 saturated heterocycles. The summed E-state index contributed by atoms with van der Waals surface area (Å²) < 4.78 is 30.9. The number of hydrogen-bond donors (Lipinski definition) is 1. The van der Waals surface area contributed by atoms with Gasteiger partial charge in [-0.2, -0.15) is 0 Å². The molecule has 0 radical (unpaired) electrons. The highest BCUT2D eigenvalue weighted by atomic mass is 19.2. The molecule has 104 valence electrons. The lowest BCUT2D eigenvalue weighted by atomic mass is 10.0. The summed E-state index contributed by atoms with van der Waals surface area (Å²) in [6.45, 7) is 0. The van der Waals surface area contributed by atoms with Gasteiger partial charge in [0.2, 0.25) is 0 Å². The summed E-state index contributed by atoms with van der Waals surface area (Å²) in [5.41, 5.74) is 6.78. The number of methoxy groups -OCH3 is 1. The van der Waals surface area contributed by atoms with Crippen molar-refractivity contribution in [1.82, 2.24) is 0 Å². The van der Waals surface area contributed by atoms with Crippen molar-refractivity contribution in [3.05, 3.63) is 59.2 Å². The maximum atomic E-state index is 13.1. The smallest absolute Gasteiger partial charge is 0.169 e. The van der Waals surface area contributed by atoms with Crippen molar-refractivity contribution < 1.29 is 18.3 Å². The van der Waals surface area contributed by atoms with Crippen molar-refractivity contribution in [2.75, 3.05) is 12.8 Å². The number of Topliss-reactive ketones (excluding diaryl/α,β-unsaturated/α-hetero) is 1. The third kappa shape index (κ3) is 2.93. The first kappa shape index (κ1) is 14.0. The van der Waals surface area contributed by atoms with E-state index < -0.39 is 11.6 Å². The average molecular weight is 277 g/mol. The van der Waals surface area contributed by atoms with Crippen LogP contribution in [0.2, 0.25) is 0 Å². The average Bonchev–Trinajstić information content (AvgIpc) is 2.42. The summed E-state index contributed by atoms with van der Waals surface area (Å²) >= 11 is 0. The number of benzene rings is 2. The molecule has 0 amide bonds. The Balaban J connectivity index is 2.21. The van der Waals surface area contributed by atoms with E-state index in [0.717, 1.165) is 12.1 Å². The molecule has 0 aromatic heterocycles. The normalized spacial score (nSPS) is 10.3. The van der Waals surface area contributed by atoms with Crippen molar-refractivity contribution >= 4 is 11.5 Å². The molecule has 3 nitrogen and oxygen atoms in total. The number of halogens is 2. The highest BCUT2D eigenvalue weighted by Crippen LogP contribution is 2.21. The summed E-state index contributed by atoms with van der Waals surface area (Å²) in [7, 11) is 1.50. The Morgan fingerprint density at radius 1 is 1.15 bits per heavy atom. The van der Waals surface area contributed by atoms with Crippen LogP contribution in [-0.4, -0.2) is 12.9 Å². The Bertz CT molecular complexity index is 656. The lowest BCUT2D eigenvalue weighted by Gasteiger charge is -2.07. The van der Waals surface area contributed by atoms with E-state index in [4.69, 9.17) is 10.5 Å². The highest BCUT2D eigenvalue weighted by molar-refractivity contribution is 6.02. The van der Waals surface area contributed by atoms with Crippen LogP contribution < -0.4 is 10.5 Å². The van der Waals surface area contributed by atoms with Gasteiger partial charge in [0.15, 0.2) is 17.4 Å². The van der Waals surface area contributed by atoms with E-state index >= 15 is 0 Å². The van der Waals surface area contributed by atoms with E-state index in [1.165, 1.54) is 13.2 Å². The number of carbonyl (C=O) groups is 1. The van der Waals surface area contributed by atoms with Crippen LogP contribution in [-0.2, 0) is 6.42 Å². The van der Waals surface area contributed by atoms with Crippen molar-refractivity contribution in [3.8, 4) is 5.75 Å². The molecule has 0 heterocycles. The predicted molar refractivity (Wildman–Crippen MR) is 71.8 cm³/mol. The Labute approximate surface area is 115 Å². The number of nitrogen functional groups attached to an aromatic ring is 1. The Morgan fingerprint density at radius 3 is 2.50 bits per heavy atom. The van der Waals surface area contributed by atoms with Crippen LogP contribution in [0.15, 0.2) is 36.4 Å². The summed E-state index contributed by atoms with van der Waals surface area (Å²) in [5.74, 6) is -1.63. The lowest BCUT2D eigenvalue weighted by Crippen LogP contribution is -2.07. The zero-order chi connectivity index (χ0) is 14.7. The SMILES string of the molecule is COc1ccc(C(=O)Cc2ccc(F)c(F)c2)c(N)c1. The van der Waals surface area contributed by atoms with Gasteiger partial charge >= 0.3 is 0 Å². The van der Waals surface area contributed by atoms with Gasteiger partial charge in [-0.1, -0.05) is 6.07 Å². The number of rotatable bonds is 4. The number of anilines is 1. The van der Waals surface area contributed by atoms with Gasteiger partial charge in [-0.05, 0) is 29.8 Å². The van der Waals surface area contributed by atoms with Gasteiger partial charge in [0, 0.05) is 23.7 Å². The molecule has 0 aliphatic carbocycles. The summed E-state index contributed by atoms with van der Waals surface area (Å²) in [5, 5.41) is 0. The highest BCUT2D eigenvalue weighted by Gasteiger charge is 2.12. The van der Waals surface area contributed by atoms with E-state index in [1.54, 1.807) is 18.2 Å². The minimum atomic E-state index is -0.974. The van der Waals surface area contributed by atoms with Gasteiger partial charge in [0.05, 0.1) is 7.11 Å². The fourth-order valence-electron chi connectivity index (χ4n) is 1.85. The monoisotopic (exact) mass is 277 g/mol. The molecule has 2 N–H and O–H groups in total. The molecule has 2 rings (SSSR count). The Hall–Kier alpha value is -2.43. The zero-order valence-corrected chi connectivity index (χ0v) is 10.8. The van der Waals surface area contributed by atoms with Gasteiger partial charge in [-0.15, -0.1) is 0 Å². The fraction of sp³-hybridized carbons (Fsp3) is 0.133. The van der Waals surface area contributed by atoms with Crippen LogP contribution in [0.3, 0.4) is 0 Å². The number of carbonyl (C=O) groups excluding carboxylic acids is 1. The van der Waals surface area contributed by atoms with Crippen molar-refractivity contribution in [3.63, 3.8) is 0 Å². The molecule has 0 unspecified atom stereocenters. The molecule has 0 aliphatic rings. The zero-order valence-electron chi connectivity index (χ0n) is 10.8. The van der Waals surface area contributed by atoms with E-state index in [0.29, 0.717) is 16.9 Å². The first-order valence-corrected chi connectivity index (χ1v) is 5.92. The van der Waals surface area contributed by atoms with E-state index in [-0.39, 0.29) is 17.9 Å². The molecule has 2 aromatic rings. The van der Waals surface area contributed by atoms with Gasteiger partial charge < -0.3 is 10.5 Å². The molecule has 0 saturated carbocycles. The van der Waals surface area contributed by atoms with Crippen LogP contribution in [0.5, 0.6) is 5.75 Å². The number of ether oxygens (including phenoxy) is 1. The molecule has 20 heavy (non-hydrogen) atoms. The summed E-state index contributed by atoms with van der Waals surface area (Å²) in [6.07, 6.45) is -0.0479. The number of hydrogen-bond acceptors (Lipinski definition) is 3. The van der Waals surface area contributed by atoms with Crippen molar-refractivity contribution in [1.29, 1.82) is 0 Å². The molecular weight excluding hydrogens is 264 g/mol. The van der Waals surface area contributed by atoms with Gasteiger partial charge in [-0.3, -0.25) is 4.79 Å². The second kappa shape index (κ2) is 5.69. The maximum Gasteiger partial charge on any atom is 0.169 e. The molecule has 2 aromatic carbocycles. The van der Waals surface area contributed by atoms with Crippen molar-refractivity contribution in [2.45, 2.75) is 6.42 Å². The standard InChI is InChI=1S/C15H13F2NO2/c1-20-10-3-4-11(14(18)8-10)15(19)7-9-2-5-12(16)13(17)6-9/h2-6,8H,7,18H2,1H3. The second-order valence-electron chi connectivity index (χ2n) is 4.30. The topological polar surface area (TPSA) is 52.3 Å². The quantitative estimate of drug-likeness (QED) is 0.690. The molecule has 0 aliphatic heterocycles. The molecule has 5 heteroatoms. The van der Waals surface area contributed by atoms with Crippen LogP contribution in [0.4, 0.5) is 14.5 Å². The number of ketones is 1. The Morgan fingerprint density at radius 2 is 1.90 bits per heavy atom. The minimum absolute atomic E-state index is 0.0479. The predicted octanol–water partition coefficient (Wildman–Crippen LogP) is 2.98. The Kier molecular flexibility index (Phi) is 3.98. The van der Waals surface area contributed by atoms with Gasteiger partial charge in [-0.25, -0.2) is 8.78 Å². The third-order valence-corrected chi connectivity index (χ3v) is 2.91. The minimum Gasteiger partial charge on any atom is -0.497 e. The molecule has 0 fully saturated rings. The third-order valence-electron chi connectivity index (χ3n) is 2.91. The van der Waals surface area contributed by atoms with Crippen LogP contribution >= 0.6 is 0 Å². The number of nitrogens with two attached hydrogens (primary N) is 1. The molecule has 0 bridgehead atoms. The maximum absolute atomic E-state index is 13.1. The summed E-state index contributed by atoms with van der Waals surface area (Å²) in [4.78, 5) is 12.1. The lowest BCUT2D eigenvalue weighted by molar-refractivity contribution is 0.0993. The van der Waals surface area contributed by atoms with E-state index in [1.807, 2.05) is 0 Å². The van der Waals surface area contributed by atoms with Crippen LogP contribution in [0, 0.1) is 11.6 Å². The fourth-order valence-corrected chi connectivity index (χ4v) is 1.85. The van der Waals surface area contributed by atoms with E-state index in [9.17, 15) is 13.6 Å². The largest absolute Gasteiger partial charge is 0.497 e. The first-order valence-electron chi connectivity index (χ1n) is 5.92. The first-order chi connectivity index (χ1) is 9.51. The van der Waals surface area contributed by atoms with Gasteiger partial charge in [0.1, 0.15) is 5.75 Å². The molecular formula is C15H13F2NO2. The summed E-state index contributed by atoms with van der Waals surface area (Å²) in [6, 6.07) is 8.09. The molecule has 0 atom stereocenters. The molecule has 0 spiro atoms. The van der Waals surface area contributed by atoms with E-state index in [2.05, 4.69) is 0 Å². The van der Waals surface area contributed by atoms with Crippen LogP contribution in [0.1, 0.15) is 15.9 Å². The second-order valence-corrected chi connectivity index (χ2v) is 4.30. The van der Waals surface area contributed by atoms with Crippen molar-refractivity contribution in [2.24, 2.45) is 0 Å². The van der Waals surface area contributed by atoms with Crippen LogP contribution in [0.25, 0.3) is 0 Å². The van der Waals surface area contributed by atoms with Gasteiger partial charge in [0.25, 0.3) is 0 Å².